The molecule has 0 saturated heterocycles. The molecule has 2 unspecified atom stereocenters. The number of carboxylic acid groups (broad SMARTS) is 1. The monoisotopic (exact) mass is 216 g/mol. The van der Waals surface area contributed by atoms with Gasteiger partial charge in [-0.05, 0) is 11.6 Å². The topological polar surface area (TPSA) is 37.3 Å². The Bertz CT molecular complexity index is 417. The number of halogens is 3. The third-order valence-corrected chi connectivity index (χ3v) is 2.56. The molecular weight excluding hydrogens is 209 g/mol. The molecule has 0 amide bonds. The number of benzene rings is 1. The molecule has 1 aliphatic rings. The predicted octanol–water partition coefficient (Wildman–Crippen LogP) is 2.26. The molecule has 0 heterocycles. The first-order valence-corrected chi connectivity index (χ1v) is 4.31. The minimum absolute atomic E-state index is 0.227. The number of hydrogen-bond acceptors (Lipinski definition) is 1. The molecule has 1 fully saturated rings. The highest BCUT2D eigenvalue weighted by atomic mass is 19.3. The van der Waals surface area contributed by atoms with E-state index in [0.29, 0.717) is 0 Å². The normalized spacial score (nSPS) is 27.4. The van der Waals surface area contributed by atoms with E-state index in [9.17, 15) is 18.0 Å². The Kier molecular flexibility index (Phi) is 1.99. The van der Waals surface area contributed by atoms with Gasteiger partial charge >= 0.3 is 5.97 Å². The van der Waals surface area contributed by atoms with Crippen molar-refractivity contribution in [3.63, 3.8) is 0 Å². The summed E-state index contributed by atoms with van der Waals surface area (Å²) < 4.78 is 39.2. The summed E-state index contributed by atoms with van der Waals surface area (Å²) in [5.41, 5.74) is -0.227. The van der Waals surface area contributed by atoms with E-state index in [4.69, 9.17) is 5.11 Å². The van der Waals surface area contributed by atoms with Gasteiger partial charge in [0.15, 0.2) is 0 Å². The highest BCUT2D eigenvalue weighted by molar-refractivity contribution is 5.78. The van der Waals surface area contributed by atoms with Crippen LogP contribution in [0.2, 0.25) is 0 Å². The number of carboxylic acids is 1. The summed E-state index contributed by atoms with van der Waals surface area (Å²) in [6.07, 6.45) is 0. The lowest BCUT2D eigenvalue weighted by atomic mass is 10.1. The van der Waals surface area contributed by atoms with E-state index in [-0.39, 0.29) is 5.56 Å². The fourth-order valence-corrected chi connectivity index (χ4v) is 1.75. The van der Waals surface area contributed by atoms with E-state index in [1.54, 1.807) is 0 Å². The molecule has 1 N–H and O–H groups in total. The van der Waals surface area contributed by atoms with Crippen molar-refractivity contribution in [2.45, 2.75) is 11.8 Å². The van der Waals surface area contributed by atoms with Gasteiger partial charge < -0.3 is 5.11 Å². The van der Waals surface area contributed by atoms with Crippen LogP contribution < -0.4 is 0 Å². The smallest absolute Gasteiger partial charge is 0.313 e. The van der Waals surface area contributed by atoms with E-state index in [2.05, 4.69) is 0 Å². The van der Waals surface area contributed by atoms with Gasteiger partial charge in [-0.25, -0.2) is 13.2 Å². The zero-order chi connectivity index (χ0) is 11.2. The van der Waals surface area contributed by atoms with Crippen LogP contribution in [0.15, 0.2) is 24.3 Å². The van der Waals surface area contributed by atoms with Crippen molar-refractivity contribution < 1.29 is 23.1 Å². The minimum atomic E-state index is -3.34. The highest BCUT2D eigenvalue weighted by Gasteiger charge is 2.73. The largest absolute Gasteiger partial charge is 0.481 e. The molecule has 0 aromatic heterocycles. The van der Waals surface area contributed by atoms with Crippen LogP contribution in [-0.2, 0) is 4.79 Å². The third-order valence-electron chi connectivity index (χ3n) is 2.56. The molecule has 0 spiro atoms. The number of hydrogen-bond donors (Lipinski definition) is 1. The van der Waals surface area contributed by atoms with Crippen LogP contribution in [0.4, 0.5) is 13.2 Å². The van der Waals surface area contributed by atoms with Gasteiger partial charge in [-0.3, -0.25) is 4.79 Å². The van der Waals surface area contributed by atoms with Crippen LogP contribution >= 0.6 is 0 Å². The standard InChI is InChI=1S/C10H7F3O2/c11-6-4-2-1-3-5(6)7-8(9(14)15)10(7,12)13/h1-4,7-8H,(H,14,15). The second-order valence-corrected chi connectivity index (χ2v) is 3.49. The summed E-state index contributed by atoms with van der Waals surface area (Å²) in [6, 6.07) is 5.01. The molecule has 1 saturated carbocycles. The molecule has 2 atom stereocenters. The zero-order valence-electron chi connectivity index (χ0n) is 7.45. The van der Waals surface area contributed by atoms with Gasteiger partial charge in [0.25, 0.3) is 5.92 Å². The van der Waals surface area contributed by atoms with Crippen molar-refractivity contribution >= 4 is 5.97 Å². The van der Waals surface area contributed by atoms with Crippen molar-refractivity contribution in [3.8, 4) is 0 Å². The molecule has 1 aromatic carbocycles. The molecule has 0 bridgehead atoms. The van der Waals surface area contributed by atoms with Crippen molar-refractivity contribution in [3.05, 3.63) is 35.6 Å². The average molecular weight is 216 g/mol. The second kappa shape index (κ2) is 2.98. The van der Waals surface area contributed by atoms with Gasteiger partial charge in [-0.1, -0.05) is 18.2 Å². The Labute approximate surface area is 83.3 Å². The van der Waals surface area contributed by atoms with Gasteiger partial charge in [0.05, 0.1) is 5.92 Å². The zero-order valence-corrected chi connectivity index (χ0v) is 7.45. The maximum Gasteiger partial charge on any atom is 0.313 e. The lowest BCUT2D eigenvalue weighted by molar-refractivity contribution is -0.140. The van der Waals surface area contributed by atoms with E-state index in [1.165, 1.54) is 18.2 Å². The summed E-state index contributed by atoms with van der Waals surface area (Å²) >= 11 is 0. The van der Waals surface area contributed by atoms with Crippen molar-refractivity contribution in [2.24, 2.45) is 5.92 Å². The van der Waals surface area contributed by atoms with Gasteiger partial charge in [0.1, 0.15) is 11.7 Å². The molecule has 5 heteroatoms. The van der Waals surface area contributed by atoms with Gasteiger partial charge in [0.2, 0.25) is 0 Å². The van der Waals surface area contributed by atoms with Gasteiger partial charge in [0, 0.05) is 0 Å². The minimum Gasteiger partial charge on any atom is -0.481 e. The Balaban J connectivity index is 2.36. The number of alkyl halides is 2. The highest BCUT2D eigenvalue weighted by Crippen LogP contribution is 2.61. The van der Waals surface area contributed by atoms with E-state index >= 15 is 0 Å². The van der Waals surface area contributed by atoms with Gasteiger partial charge in [-0.15, -0.1) is 0 Å². The summed E-state index contributed by atoms with van der Waals surface area (Å²) in [5, 5.41) is 8.51. The van der Waals surface area contributed by atoms with E-state index < -0.39 is 29.5 Å². The first kappa shape index (κ1) is 10.0. The van der Waals surface area contributed by atoms with E-state index in [0.717, 1.165) is 6.07 Å². The molecule has 2 rings (SSSR count). The number of aliphatic carboxylic acids is 1. The molecule has 1 aliphatic carbocycles. The lowest BCUT2D eigenvalue weighted by Crippen LogP contribution is -2.04. The van der Waals surface area contributed by atoms with E-state index in [1.807, 2.05) is 0 Å². The number of rotatable bonds is 2. The number of carbonyl (C=O) groups is 1. The first-order chi connectivity index (χ1) is 6.96. The quantitative estimate of drug-likeness (QED) is 0.823. The summed E-state index contributed by atoms with van der Waals surface area (Å²) in [6.45, 7) is 0. The first-order valence-electron chi connectivity index (χ1n) is 4.31. The maximum atomic E-state index is 13.1. The average Bonchev–Trinajstić information content (AvgIpc) is 2.70. The van der Waals surface area contributed by atoms with Crippen molar-refractivity contribution in [1.82, 2.24) is 0 Å². The van der Waals surface area contributed by atoms with Gasteiger partial charge in [-0.2, -0.15) is 0 Å². The van der Waals surface area contributed by atoms with Crippen LogP contribution in [-0.4, -0.2) is 17.0 Å². The predicted molar refractivity (Wildman–Crippen MR) is 45.2 cm³/mol. The molecule has 1 aromatic rings. The molecule has 2 nitrogen and oxygen atoms in total. The molecular formula is C10H7F3O2. The fourth-order valence-electron chi connectivity index (χ4n) is 1.75. The molecule has 0 aliphatic heterocycles. The van der Waals surface area contributed by atoms with Crippen LogP contribution in [0.5, 0.6) is 0 Å². The summed E-state index contributed by atoms with van der Waals surface area (Å²) in [4.78, 5) is 10.5. The van der Waals surface area contributed by atoms with Crippen molar-refractivity contribution in [1.29, 1.82) is 0 Å². The SMILES string of the molecule is O=C(O)C1C(c2ccccc2F)C1(F)F. The lowest BCUT2D eigenvalue weighted by Gasteiger charge is -1.99. The Morgan fingerprint density at radius 3 is 2.40 bits per heavy atom. The Morgan fingerprint density at radius 2 is 1.93 bits per heavy atom. The van der Waals surface area contributed by atoms with Crippen LogP contribution in [0.3, 0.4) is 0 Å². The maximum absolute atomic E-state index is 13.1. The van der Waals surface area contributed by atoms with Crippen LogP contribution in [0.25, 0.3) is 0 Å². The Morgan fingerprint density at radius 1 is 1.33 bits per heavy atom. The van der Waals surface area contributed by atoms with Crippen LogP contribution in [0.1, 0.15) is 11.5 Å². The summed E-state index contributed by atoms with van der Waals surface area (Å²) in [5.74, 6) is -9.04. The van der Waals surface area contributed by atoms with Crippen LogP contribution in [0, 0.1) is 11.7 Å². The Hall–Kier alpha value is -1.52. The van der Waals surface area contributed by atoms with Crippen molar-refractivity contribution in [2.75, 3.05) is 0 Å². The summed E-state index contributed by atoms with van der Waals surface area (Å²) in [7, 11) is 0. The molecule has 15 heavy (non-hydrogen) atoms. The molecule has 80 valence electrons. The second-order valence-electron chi connectivity index (χ2n) is 3.49. The fraction of sp³-hybridized carbons (Fsp3) is 0.300. The molecule has 0 radical (unpaired) electrons. The third kappa shape index (κ3) is 1.38.